The summed E-state index contributed by atoms with van der Waals surface area (Å²) < 4.78 is 6.90. The molecule has 2 aromatic heterocycles. The zero-order valence-corrected chi connectivity index (χ0v) is 15.9. The number of hydrogen-bond donors (Lipinski definition) is 1. The van der Waals surface area contributed by atoms with Gasteiger partial charge in [0.25, 0.3) is 5.91 Å². The van der Waals surface area contributed by atoms with E-state index >= 15 is 0 Å². The number of aromatic nitrogens is 5. The first-order chi connectivity index (χ1) is 14.2. The highest BCUT2D eigenvalue weighted by molar-refractivity contribution is 5.88. The largest absolute Gasteiger partial charge is 0.497 e. The minimum atomic E-state index is -0.590. The number of rotatable bonds is 4. The average Bonchev–Trinajstić information content (AvgIpc) is 3.41. The van der Waals surface area contributed by atoms with Crippen LogP contribution in [0.1, 0.15) is 22.9 Å². The van der Waals surface area contributed by atoms with Crippen molar-refractivity contribution in [3.63, 3.8) is 0 Å². The standard InChI is InChI=1S/C21H20N6O2/c1-29-15-7-8-18-16(11-15)17-12-26(10-9-19(17)23-18)21(28)20(27-13-22-24-25-27)14-5-3-2-4-6-14/h2-8,11,13,20,23H,9-10,12H2,1H3. The number of tetrazole rings is 1. The van der Waals surface area contributed by atoms with Crippen molar-refractivity contribution >= 4 is 16.8 Å². The van der Waals surface area contributed by atoms with E-state index in [9.17, 15) is 4.79 Å². The zero-order chi connectivity index (χ0) is 19.8. The maximum atomic E-state index is 13.6. The van der Waals surface area contributed by atoms with Crippen LogP contribution < -0.4 is 4.74 Å². The van der Waals surface area contributed by atoms with Crippen molar-refractivity contribution in [2.24, 2.45) is 0 Å². The Morgan fingerprint density at radius 3 is 2.83 bits per heavy atom. The minimum absolute atomic E-state index is 0.0219. The molecule has 0 aliphatic carbocycles. The number of ether oxygens (including phenoxy) is 1. The molecular weight excluding hydrogens is 368 g/mol. The first kappa shape index (κ1) is 17.4. The third-order valence-corrected chi connectivity index (χ3v) is 5.47. The van der Waals surface area contributed by atoms with Gasteiger partial charge in [0.2, 0.25) is 0 Å². The van der Waals surface area contributed by atoms with Crippen molar-refractivity contribution in [2.45, 2.75) is 19.0 Å². The van der Waals surface area contributed by atoms with Gasteiger partial charge in [0.1, 0.15) is 12.1 Å². The van der Waals surface area contributed by atoms with E-state index in [4.69, 9.17) is 4.74 Å². The summed E-state index contributed by atoms with van der Waals surface area (Å²) in [6.45, 7) is 1.17. The van der Waals surface area contributed by atoms with Crippen molar-refractivity contribution in [2.75, 3.05) is 13.7 Å². The van der Waals surface area contributed by atoms with Crippen molar-refractivity contribution in [1.29, 1.82) is 0 Å². The first-order valence-corrected chi connectivity index (χ1v) is 9.48. The van der Waals surface area contributed by atoms with Crippen LogP contribution in [0, 0.1) is 0 Å². The number of H-pyrrole nitrogens is 1. The van der Waals surface area contributed by atoms with Gasteiger partial charge in [-0.25, -0.2) is 4.68 Å². The Morgan fingerprint density at radius 1 is 1.21 bits per heavy atom. The summed E-state index contributed by atoms with van der Waals surface area (Å²) in [5.74, 6) is 0.782. The molecule has 2 aromatic carbocycles. The molecule has 0 radical (unpaired) electrons. The lowest BCUT2D eigenvalue weighted by Crippen LogP contribution is -2.41. The van der Waals surface area contributed by atoms with Gasteiger partial charge in [0, 0.05) is 41.7 Å². The Balaban J connectivity index is 1.50. The molecule has 3 heterocycles. The highest BCUT2D eigenvalue weighted by Gasteiger charge is 2.32. The number of benzene rings is 2. The second-order valence-corrected chi connectivity index (χ2v) is 7.11. The molecule has 0 saturated carbocycles. The third kappa shape index (κ3) is 3.02. The fraction of sp³-hybridized carbons (Fsp3) is 0.238. The number of aromatic amines is 1. The van der Waals surface area contributed by atoms with E-state index in [0.29, 0.717) is 13.1 Å². The second-order valence-electron chi connectivity index (χ2n) is 7.11. The maximum absolute atomic E-state index is 13.6. The molecule has 8 nitrogen and oxygen atoms in total. The zero-order valence-electron chi connectivity index (χ0n) is 15.9. The normalized spacial score (nSPS) is 14.6. The van der Waals surface area contributed by atoms with Crippen LogP contribution >= 0.6 is 0 Å². The van der Waals surface area contributed by atoms with Crippen LogP contribution in [0.15, 0.2) is 54.9 Å². The predicted molar refractivity (Wildman–Crippen MR) is 106 cm³/mol. The number of nitrogens with zero attached hydrogens (tertiary/aromatic N) is 5. The Bertz CT molecular complexity index is 1150. The molecule has 1 N–H and O–H groups in total. The van der Waals surface area contributed by atoms with E-state index < -0.39 is 6.04 Å². The number of carbonyl (C=O) groups is 1. The molecule has 1 unspecified atom stereocenters. The Labute approximate surface area is 167 Å². The molecule has 0 saturated heterocycles. The molecule has 1 aliphatic heterocycles. The molecule has 1 amide bonds. The second kappa shape index (κ2) is 7.05. The molecule has 0 fully saturated rings. The lowest BCUT2D eigenvalue weighted by Gasteiger charge is -2.30. The van der Waals surface area contributed by atoms with Gasteiger partial charge in [-0.2, -0.15) is 0 Å². The van der Waals surface area contributed by atoms with Gasteiger partial charge in [0.15, 0.2) is 6.04 Å². The summed E-state index contributed by atoms with van der Waals surface area (Å²) in [6.07, 6.45) is 2.26. The van der Waals surface area contributed by atoms with Gasteiger partial charge in [-0.1, -0.05) is 30.3 Å². The Kier molecular flexibility index (Phi) is 4.23. The number of hydrogen-bond acceptors (Lipinski definition) is 5. The van der Waals surface area contributed by atoms with E-state index in [2.05, 4.69) is 20.5 Å². The quantitative estimate of drug-likeness (QED) is 0.580. The SMILES string of the molecule is COc1ccc2[nH]c3c(c2c1)CN(C(=O)C(c1ccccc1)n1cnnn1)CC3. The summed E-state index contributed by atoms with van der Waals surface area (Å²) in [6, 6.07) is 15.0. The van der Waals surface area contributed by atoms with Crippen LogP contribution in [-0.4, -0.2) is 49.7 Å². The van der Waals surface area contributed by atoms with Crippen LogP contribution in [0.25, 0.3) is 10.9 Å². The van der Waals surface area contributed by atoms with Gasteiger partial charge in [-0.3, -0.25) is 4.79 Å². The smallest absolute Gasteiger partial charge is 0.252 e. The maximum Gasteiger partial charge on any atom is 0.252 e. The Morgan fingerprint density at radius 2 is 2.07 bits per heavy atom. The van der Waals surface area contributed by atoms with Gasteiger partial charge in [-0.05, 0) is 34.2 Å². The topological polar surface area (TPSA) is 88.9 Å². The number of amides is 1. The number of carbonyl (C=O) groups excluding carboxylic acids is 1. The van der Waals surface area contributed by atoms with Gasteiger partial charge in [-0.15, -0.1) is 5.10 Å². The fourth-order valence-corrected chi connectivity index (χ4v) is 4.01. The summed E-state index contributed by atoms with van der Waals surface area (Å²) in [5.41, 5.74) is 4.24. The predicted octanol–water partition coefficient (Wildman–Crippen LogP) is 2.34. The highest BCUT2D eigenvalue weighted by Crippen LogP contribution is 2.32. The molecule has 1 atom stereocenters. The molecule has 0 bridgehead atoms. The van der Waals surface area contributed by atoms with Crippen LogP contribution in [0.3, 0.4) is 0 Å². The summed E-state index contributed by atoms with van der Waals surface area (Å²) >= 11 is 0. The van der Waals surface area contributed by atoms with E-state index in [0.717, 1.165) is 34.2 Å². The van der Waals surface area contributed by atoms with Crippen molar-refractivity contribution in [3.8, 4) is 5.75 Å². The fourth-order valence-electron chi connectivity index (χ4n) is 4.01. The van der Waals surface area contributed by atoms with Gasteiger partial charge >= 0.3 is 0 Å². The van der Waals surface area contributed by atoms with Crippen LogP contribution in [0.2, 0.25) is 0 Å². The molecule has 5 rings (SSSR count). The first-order valence-electron chi connectivity index (χ1n) is 9.48. The van der Waals surface area contributed by atoms with Gasteiger partial charge in [0.05, 0.1) is 7.11 Å². The van der Waals surface area contributed by atoms with Crippen LogP contribution in [-0.2, 0) is 17.8 Å². The van der Waals surface area contributed by atoms with E-state index in [1.807, 2.05) is 53.4 Å². The van der Waals surface area contributed by atoms with Crippen LogP contribution in [0.4, 0.5) is 0 Å². The minimum Gasteiger partial charge on any atom is -0.497 e. The molecule has 4 aromatic rings. The molecule has 8 heteroatoms. The van der Waals surface area contributed by atoms with E-state index in [1.54, 1.807) is 7.11 Å². The lowest BCUT2D eigenvalue weighted by atomic mass is 10.0. The molecule has 146 valence electrons. The van der Waals surface area contributed by atoms with Crippen molar-refractivity contribution in [3.05, 3.63) is 71.7 Å². The summed E-state index contributed by atoms with van der Waals surface area (Å²) in [7, 11) is 1.66. The summed E-state index contributed by atoms with van der Waals surface area (Å²) in [5, 5.41) is 12.5. The average molecular weight is 388 g/mol. The Hall–Kier alpha value is -3.68. The number of fused-ring (bicyclic) bond motifs is 3. The van der Waals surface area contributed by atoms with Gasteiger partial charge < -0.3 is 14.6 Å². The molecular formula is C21H20N6O2. The highest BCUT2D eigenvalue weighted by atomic mass is 16.5. The van der Waals surface area contributed by atoms with E-state index in [-0.39, 0.29) is 5.91 Å². The summed E-state index contributed by atoms with van der Waals surface area (Å²) in [4.78, 5) is 18.9. The lowest BCUT2D eigenvalue weighted by molar-refractivity contribution is -0.134. The third-order valence-electron chi connectivity index (χ3n) is 5.47. The number of methoxy groups -OCH3 is 1. The van der Waals surface area contributed by atoms with Crippen molar-refractivity contribution in [1.82, 2.24) is 30.1 Å². The van der Waals surface area contributed by atoms with Crippen LogP contribution in [0.5, 0.6) is 5.75 Å². The van der Waals surface area contributed by atoms with E-state index in [1.165, 1.54) is 16.7 Å². The van der Waals surface area contributed by atoms with Crippen molar-refractivity contribution < 1.29 is 9.53 Å². The monoisotopic (exact) mass is 388 g/mol. The molecule has 0 spiro atoms. The molecule has 29 heavy (non-hydrogen) atoms. The molecule has 1 aliphatic rings. The number of nitrogens with one attached hydrogen (secondary N) is 1.